The smallest absolute Gasteiger partial charge is 0.337 e. The average Bonchev–Trinajstić information content (AvgIpc) is 2.55. The van der Waals surface area contributed by atoms with Crippen LogP contribution in [-0.4, -0.2) is 64.5 Å². The summed E-state index contributed by atoms with van der Waals surface area (Å²) < 4.78 is 21.0. The first-order valence-corrected chi connectivity index (χ1v) is 6.94. The summed E-state index contributed by atoms with van der Waals surface area (Å²) >= 11 is 0. The Morgan fingerprint density at radius 3 is 2.67 bits per heavy atom. The van der Waals surface area contributed by atoms with Crippen molar-refractivity contribution in [3.8, 4) is 11.5 Å². The molecule has 0 unspecified atom stereocenters. The van der Waals surface area contributed by atoms with Gasteiger partial charge in [-0.3, -0.25) is 4.90 Å². The number of morpholine rings is 1. The number of methoxy groups -OCH3 is 2. The SMILES string of the molecule is COC(=O)c1ccc(OC)c(OCCN2CCOCC2)c1. The number of hydrogen-bond acceptors (Lipinski definition) is 6. The van der Waals surface area contributed by atoms with Gasteiger partial charge >= 0.3 is 5.97 Å². The first-order valence-electron chi connectivity index (χ1n) is 6.94. The first-order chi connectivity index (χ1) is 10.2. The van der Waals surface area contributed by atoms with Crippen LogP contribution in [0.2, 0.25) is 0 Å². The number of rotatable bonds is 6. The summed E-state index contributed by atoms with van der Waals surface area (Å²) in [6.45, 7) is 4.71. The summed E-state index contributed by atoms with van der Waals surface area (Å²) in [5, 5.41) is 0. The predicted molar refractivity (Wildman–Crippen MR) is 77.1 cm³/mol. The fourth-order valence-electron chi connectivity index (χ4n) is 2.14. The Balaban J connectivity index is 1.95. The Hall–Kier alpha value is -1.79. The monoisotopic (exact) mass is 295 g/mol. The lowest BCUT2D eigenvalue weighted by Gasteiger charge is -2.26. The fraction of sp³-hybridized carbons (Fsp3) is 0.533. The highest BCUT2D eigenvalue weighted by Crippen LogP contribution is 2.28. The van der Waals surface area contributed by atoms with Crippen LogP contribution >= 0.6 is 0 Å². The van der Waals surface area contributed by atoms with Crippen LogP contribution in [0.3, 0.4) is 0 Å². The van der Waals surface area contributed by atoms with Crippen LogP contribution in [0.15, 0.2) is 18.2 Å². The van der Waals surface area contributed by atoms with Crippen LogP contribution in [-0.2, 0) is 9.47 Å². The average molecular weight is 295 g/mol. The van der Waals surface area contributed by atoms with Crippen LogP contribution in [0.25, 0.3) is 0 Å². The van der Waals surface area contributed by atoms with E-state index in [1.54, 1.807) is 25.3 Å². The van der Waals surface area contributed by atoms with Crippen molar-refractivity contribution in [3.63, 3.8) is 0 Å². The van der Waals surface area contributed by atoms with Crippen molar-refractivity contribution >= 4 is 5.97 Å². The van der Waals surface area contributed by atoms with Crippen molar-refractivity contribution in [3.05, 3.63) is 23.8 Å². The van der Waals surface area contributed by atoms with E-state index in [0.717, 1.165) is 32.8 Å². The molecule has 1 heterocycles. The maximum atomic E-state index is 11.5. The van der Waals surface area contributed by atoms with Gasteiger partial charge in [0, 0.05) is 19.6 Å². The molecule has 1 fully saturated rings. The third-order valence-electron chi connectivity index (χ3n) is 3.35. The highest BCUT2D eigenvalue weighted by molar-refractivity contribution is 5.90. The molecule has 2 rings (SSSR count). The number of carbonyl (C=O) groups excluding carboxylic acids is 1. The van der Waals surface area contributed by atoms with Gasteiger partial charge < -0.3 is 18.9 Å². The second kappa shape index (κ2) is 7.85. The highest BCUT2D eigenvalue weighted by atomic mass is 16.5. The molecule has 0 aliphatic carbocycles. The summed E-state index contributed by atoms with van der Waals surface area (Å²) in [4.78, 5) is 13.8. The van der Waals surface area contributed by atoms with Gasteiger partial charge in [0.2, 0.25) is 0 Å². The Morgan fingerprint density at radius 1 is 1.24 bits per heavy atom. The minimum absolute atomic E-state index is 0.393. The highest BCUT2D eigenvalue weighted by Gasteiger charge is 2.13. The van der Waals surface area contributed by atoms with Gasteiger partial charge in [0.15, 0.2) is 11.5 Å². The van der Waals surface area contributed by atoms with Gasteiger partial charge in [-0.1, -0.05) is 0 Å². The molecule has 0 radical (unpaired) electrons. The van der Waals surface area contributed by atoms with Crippen molar-refractivity contribution in [1.29, 1.82) is 0 Å². The number of benzene rings is 1. The van der Waals surface area contributed by atoms with Crippen molar-refractivity contribution in [2.75, 3.05) is 53.7 Å². The Labute approximate surface area is 124 Å². The van der Waals surface area contributed by atoms with Crippen LogP contribution in [0.5, 0.6) is 11.5 Å². The van der Waals surface area contributed by atoms with E-state index in [4.69, 9.17) is 18.9 Å². The van der Waals surface area contributed by atoms with Gasteiger partial charge in [-0.15, -0.1) is 0 Å². The largest absolute Gasteiger partial charge is 0.493 e. The Morgan fingerprint density at radius 2 is 2.00 bits per heavy atom. The topological polar surface area (TPSA) is 57.2 Å². The summed E-state index contributed by atoms with van der Waals surface area (Å²) in [6, 6.07) is 5.00. The molecule has 116 valence electrons. The minimum Gasteiger partial charge on any atom is -0.493 e. The van der Waals surface area contributed by atoms with Crippen LogP contribution < -0.4 is 9.47 Å². The zero-order valence-corrected chi connectivity index (χ0v) is 12.5. The summed E-state index contributed by atoms with van der Waals surface area (Å²) in [7, 11) is 2.92. The van der Waals surface area contributed by atoms with Gasteiger partial charge in [0.1, 0.15) is 6.61 Å². The van der Waals surface area contributed by atoms with E-state index < -0.39 is 5.97 Å². The summed E-state index contributed by atoms with van der Waals surface area (Å²) in [6.07, 6.45) is 0. The van der Waals surface area contributed by atoms with Gasteiger partial charge in [-0.25, -0.2) is 4.79 Å². The molecule has 1 aliphatic heterocycles. The third-order valence-corrected chi connectivity index (χ3v) is 3.35. The molecule has 0 amide bonds. The second-order valence-electron chi connectivity index (χ2n) is 4.66. The molecule has 1 aromatic carbocycles. The zero-order valence-electron chi connectivity index (χ0n) is 12.5. The molecule has 1 aromatic rings. The molecule has 6 nitrogen and oxygen atoms in total. The van der Waals surface area contributed by atoms with Crippen molar-refractivity contribution in [2.45, 2.75) is 0 Å². The van der Waals surface area contributed by atoms with Crippen molar-refractivity contribution in [2.24, 2.45) is 0 Å². The van der Waals surface area contributed by atoms with E-state index >= 15 is 0 Å². The summed E-state index contributed by atoms with van der Waals surface area (Å²) in [5.41, 5.74) is 0.444. The molecule has 0 atom stereocenters. The number of esters is 1. The molecule has 0 aromatic heterocycles. The number of ether oxygens (including phenoxy) is 4. The van der Waals surface area contributed by atoms with E-state index in [9.17, 15) is 4.79 Å². The molecule has 0 spiro atoms. The van der Waals surface area contributed by atoms with Crippen LogP contribution in [0.4, 0.5) is 0 Å². The third kappa shape index (κ3) is 4.34. The first kappa shape index (κ1) is 15.6. The quantitative estimate of drug-likeness (QED) is 0.735. The van der Waals surface area contributed by atoms with Gasteiger partial charge in [0.25, 0.3) is 0 Å². The number of nitrogens with zero attached hydrogens (tertiary/aromatic N) is 1. The molecular formula is C15H21NO5. The lowest BCUT2D eigenvalue weighted by molar-refractivity contribution is 0.0321. The number of hydrogen-bond donors (Lipinski definition) is 0. The van der Waals surface area contributed by atoms with Gasteiger partial charge in [-0.2, -0.15) is 0 Å². The maximum Gasteiger partial charge on any atom is 0.337 e. The van der Waals surface area contributed by atoms with Crippen LogP contribution in [0, 0.1) is 0 Å². The zero-order chi connectivity index (χ0) is 15.1. The van der Waals surface area contributed by atoms with Crippen LogP contribution in [0.1, 0.15) is 10.4 Å². The number of carbonyl (C=O) groups is 1. The standard InChI is InChI=1S/C15H21NO5/c1-18-13-4-3-12(15(17)19-2)11-14(13)21-10-7-16-5-8-20-9-6-16/h3-4,11H,5-10H2,1-2H3. The van der Waals surface area contributed by atoms with E-state index in [2.05, 4.69) is 4.90 Å². The van der Waals surface area contributed by atoms with E-state index in [1.807, 2.05) is 0 Å². The minimum atomic E-state index is -0.393. The lowest BCUT2D eigenvalue weighted by atomic mass is 10.2. The molecular weight excluding hydrogens is 274 g/mol. The molecule has 21 heavy (non-hydrogen) atoms. The molecule has 0 N–H and O–H groups in total. The molecule has 0 bridgehead atoms. The Kier molecular flexibility index (Phi) is 5.83. The fourth-order valence-corrected chi connectivity index (χ4v) is 2.14. The predicted octanol–water partition coefficient (Wildman–Crippen LogP) is 1.19. The van der Waals surface area contributed by atoms with E-state index in [-0.39, 0.29) is 0 Å². The van der Waals surface area contributed by atoms with E-state index in [1.165, 1.54) is 7.11 Å². The summed E-state index contributed by atoms with van der Waals surface area (Å²) in [5.74, 6) is 0.758. The second-order valence-corrected chi connectivity index (χ2v) is 4.66. The van der Waals surface area contributed by atoms with Gasteiger partial charge in [-0.05, 0) is 18.2 Å². The van der Waals surface area contributed by atoms with Crippen molar-refractivity contribution in [1.82, 2.24) is 4.90 Å². The van der Waals surface area contributed by atoms with Gasteiger partial charge in [0.05, 0.1) is 33.0 Å². The van der Waals surface area contributed by atoms with Crippen molar-refractivity contribution < 1.29 is 23.7 Å². The lowest BCUT2D eigenvalue weighted by Crippen LogP contribution is -2.38. The molecule has 6 heteroatoms. The maximum absolute atomic E-state index is 11.5. The Bertz CT molecular complexity index is 471. The normalized spacial score (nSPS) is 15.5. The molecule has 1 aliphatic rings. The van der Waals surface area contributed by atoms with E-state index in [0.29, 0.717) is 23.7 Å². The molecule has 1 saturated heterocycles. The molecule has 0 saturated carbocycles.